The molecule has 0 unspecified atom stereocenters. The number of benzene rings is 4. The number of hydrogen-bond donors (Lipinski definition) is 5. The van der Waals surface area contributed by atoms with E-state index in [0.29, 0.717) is 30.0 Å². The maximum absolute atomic E-state index is 12.7. The van der Waals surface area contributed by atoms with E-state index in [-0.39, 0.29) is 32.8 Å². The van der Waals surface area contributed by atoms with Crippen molar-refractivity contribution in [2.24, 2.45) is 10.2 Å². The molecule has 0 spiro atoms. The van der Waals surface area contributed by atoms with Gasteiger partial charge in [-0.25, -0.2) is 8.42 Å². The van der Waals surface area contributed by atoms with Crippen molar-refractivity contribution in [2.75, 3.05) is 31.2 Å². The Hall–Kier alpha value is -4.33. The lowest BCUT2D eigenvalue weighted by atomic mass is 10.1. The van der Waals surface area contributed by atoms with Gasteiger partial charge in [0.15, 0.2) is 0 Å². The van der Waals surface area contributed by atoms with Crippen LogP contribution in [-0.4, -0.2) is 64.0 Å². The van der Waals surface area contributed by atoms with Crippen molar-refractivity contribution in [3.63, 3.8) is 0 Å². The van der Waals surface area contributed by atoms with Gasteiger partial charge < -0.3 is 20.9 Å². The van der Waals surface area contributed by atoms with Gasteiger partial charge in [0.25, 0.3) is 20.2 Å². The Morgan fingerprint density at radius 3 is 2.04 bits per heavy atom. The molecule has 15 nitrogen and oxygen atoms in total. The molecule has 246 valence electrons. The first-order valence-corrected chi connectivity index (χ1v) is 17.8. The number of phenolic OH excluding ortho intramolecular Hbond substituents is 1. The summed E-state index contributed by atoms with van der Waals surface area (Å²) >= 11 is 0. The summed E-state index contributed by atoms with van der Waals surface area (Å²) in [7, 11) is -12.1. The number of nitrogens with zero attached hydrogens (tertiary/aromatic N) is 3. The minimum Gasteiger partial charge on any atom is -0.505 e. The molecule has 0 radical (unpaired) electrons. The summed E-state index contributed by atoms with van der Waals surface area (Å²) in [5, 5.41) is 21.9. The highest BCUT2D eigenvalue weighted by Gasteiger charge is 2.26. The molecule has 0 saturated carbocycles. The number of nitrogens with one attached hydrogen (secondary N) is 1. The highest BCUT2D eigenvalue weighted by molar-refractivity contribution is 7.89. The fourth-order valence-electron chi connectivity index (χ4n) is 4.67. The van der Waals surface area contributed by atoms with E-state index in [2.05, 4.69) is 15.5 Å². The molecule has 0 fully saturated rings. The van der Waals surface area contributed by atoms with Gasteiger partial charge in [-0.1, -0.05) is 13.8 Å². The number of fused-ring (bicyclic) bond motifs is 1. The number of hydrogen-bond acceptors (Lipinski definition) is 12. The molecule has 0 saturated heterocycles. The zero-order chi connectivity index (χ0) is 34.2. The lowest BCUT2D eigenvalue weighted by Gasteiger charge is -2.18. The first kappa shape index (κ1) is 34.5. The minimum absolute atomic E-state index is 0.116. The second-order valence-corrected chi connectivity index (χ2v) is 14.7. The van der Waals surface area contributed by atoms with Crippen LogP contribution in [0.3, 0.4) is 0 Å². The van der Waals surface area contributed by atoms with E-state index in [0.717, 1.165) is 18.2 Å². The average molecular weight is 694 g/mol. The van der Waals surface area contributed by atoms with Crippen LogP contribution in [0.4, 0.5) is 28.4 Å². The van der Waals surface area contributed by atoms with E-state index < -0.39 is 51.5 Å². The minimum atomic E-state index is -5.02. The number of aryl methyl sites for hydroxylation is 1. The van der Waals surface area contributed by atoms with E-state index in [1.165, 1.54) is 47.8 Å². The van der Waals surface area contributed by atoms with Crippen LogP contribution >= 0.6 is 0 Å². The summed E-state index contributed by atoms with van der Waals surface area (Å²) in [5.74, 6) is -0.616. The van der Waals surface area contributed by atoms with E-state index in [1.807, 2.05) is 0 Å². The molecule has 4 rings (SSSR count). The number of phenols is 1. The number of aromatic hydroxyl groups is 1. The van der Waals surface area contributed by atoms with Crippen LogP contribution in [0.2, 0.25) is 0 Å². The van der Waals surface area contributed by atoms with Crippen LogP contribution in [0.5, 0.6) is 11.5 Å². The molecule has 4 aromatic carbocycles. The normalized spacial score (nSPS) is 12.7. The fourth-order valence-corrected chi connectivity index (χ4v) is 7.36. The molecule has 0 heterocycles. The van der Waals surface area contributed by atoms with Gasteiger partial charge in [-0.05, 0) is 66.4 Å². The topological polar surface area (TPSA) is 238 Å². The molecule has 6 N–H and O–H groups in total. The largest absolute Gasteiger partial charge is 0.505 e. The van der Waals surface area contributed by atoms with Gasteiger partial charge in [0, 0.05) is 30.2 Å². The van der Waals surface area contributed by atoms with Gasteiger partial charge in [-0.3, -0.25) is 9.11 Å². The molecule has 0 aliphatic rings. The maximum Gasteiger partial charge on any atom is 0.296 e. The van der Waals surface area contributed by atoms with Crippen molar-refractivity contribution in [2.45, 2.75) is 35.5 Å². The molecule has 4 aromatic rings. The van der Waals surface area contributed by atoms with Crippen molar-refractivity contribution in [1.82, 2.24) is 4.31 Å². The Labute approximate surface area is 265 Å². The summed E-state index contributed by atoms with van der Waals surface area (Å²) in [4.78, 5) is -1.36. The summed E-state index contributed by atoms with van der Waals surface area (Å²) in [6.07, 6.45) is 0. The van der Waals surface area contributed by atoms with Crippen LogP contribution in [0.25, 0.3) is 10.8 Å². The number of ether oxygens (including phenoxy) is 1. The van der Waals surface area contributed by atoms with Crippen molar-refractivity contribution >= 4 is 69.5 Å². The first-order valence-electron chi connectivity index (χ1n) is 13.4. The third-order valence-corrected chi connectivity index (χ3v) is 10.8. The van der Waals surface area contributed by atoms with Gasteiger partial charge >= 0.3 is 0 Å². The number of nitrogens with two attached hydrogens (primary N) is 1. The average Bonchev–Trinajstić information content (AvgIpc) is 2.97. The Balaban J connectivity index is 1.74. The standard InChI is InChI=1S/C28H31N5O10S3/c1-5-33(6-2)44(35,36)19-9-7-18(8-10-19)31-32-22-15-24(43-4)23(11-16(22)3)30-27-25(46(40,41)42)13-17-12-20(45(37,38)39)14-21(29)26(17)28(27)34/h7-15,30,34H,5-6,29H2,1-4H3,(H,37,38,39)(H,40,41,42)/b32-31+. The van der Waals surface area contributed by atoms with Crippen LogP contribution < -0.4 is 15.8 Å². The van der Waals surface area contributed by atoms with Crippen molar-refractivity contribution < 1.29 is 44.2 Å². The summed E-state index contributed by atoms with van der Waals surface area (Å²) in [6.45, 7) is 5.82. The fraction of sp³-hybridized carbons (Fsp3) is 0.214. The Bertz CT molecular complexity index is 2180. The summed E-state index contributed by atoms with van der Waals surface area (Å²) < 4.78 is 99.7. The van der Waals surface area contributed by atoms with Crippen LogP contribution in [-0.2, 0) is 30.3 Å². The number of sulfonamides is 1. The second-order valence-electron chi connectivity index (χ2n) is 9.91. The van der Waals surface area contributed by atoms with Crippen molar-refractivity contribution in [1.29, 1.82) is 0 Å². The third-order valence-electron chi connectivity index (χ3n) is 6.99. The molecular weight excluding hydrogens is 663 g/mol. The molecular formula is C28H31N5O10S3. The maximum atomic E-state index is 12.7. The van der Waals surface area contributed by atoms with Gasteiger partial charge in [0.1, 0.15) is 22.1 Å². The third kappa shape index (κ3) is 6.91. The SMILES string of the molecule is CCN(CC)S(=O)(=O)c1ccc(/N=N/c2cc(OC)c(Nc3c(S(=O)(=O)O)cc4cc(S(=O)(=O)O)cc(N)c4c3O)cc2C)cc1. The predicted octanol–water partition coefficient (Wildman–Crippen LogP) is 5.13. The molecule has 46 heavy (non-hydrogen) atoms. The molecule has 0 bridgehead atoms. The van der Waals surface area contributed by atoms with Crippen molar-refractivity contribution in [3.05, 3.63) is 60.2 Å². The number of azo groups is 1. The number of anilines is 3. The molecule has 0 aliphatic heterocycles. The highest BCUT2D eigenvalue weighted by Crippen LogP contribution is 2.45. The lowest BCUT2D eigenvalue weighted by Crippen LogP contribution is -2.30. The number of methoxy groups -OCH3 is 1. The Morgan fingerprint density at radius 1 is 0.870 bits per heavy atom. The van der Waals surface area contributed by atoms with Crippen LogP contribution in [0.1, 0.15) is 19.4 Å². The lowest BCUT2D eigenvalue weighted by molar-refractivity contribution is 0.416. The smallest absolute Gasteiger partial charge is 0.296 e. The quantitative estimate of drug-likeness (QED) is 0.0595. The zero-order valence-corrected chi connectivity index (χ0v) is 27.4. The number of rotatable bonds is 11. The Kier molecular flexibility index (Phi) is 9.62. The first-order chi connectivity index (χ1) is 21.4. The Morgan fingerprint density at radius 2 is 1.50 bits per heavy atom. The van der Waals surface area contributed by atoms with E-state index >= 15 is 0 Å². The zero-order valence-electron chi connectivity index (χ0n) is 25.0. The van der Waals surface area contributed by atoms with E-state index in [4.69, 9.17) is 10.5 Å². The van der Waals surface area contributed by atoms with Gasteiger partial charge in [0.05, 0.1) is 34.0 Å². The van der Waals surface area contributed by atoms with Gasteiger partial charge in [-0.2, -0.15) is 31.4 Å². The number of nitrogen functional groups attached to an aromatic ring is 1. The van der Waals surface area contributed by atoms with Crippen molar-refractivity contribution in [3.8, 4) is 11.5 Å². The second kappa shape index (κ2) is 12.8. The molecule has 0 amide bonds. The summed E-state index contributed by atoms with van der Waals surface area (Å²) in [5.41, 5.74) is 6.52. The monoisotopic (exact) mass is 693 g/mol. The molecule has 0 atom stereocenters. The van der Waals surface area contributed by atoms with E-state index in [9.17, 15) is 39.5 Å². The predicted molar refractivity (Wildman–Crippen MR) is 171 cm³/mol. The molecule has 0 aliphatic carbocycles. The molecule has 18 heteroatoms. The van der Waals surface area contributed by atoms with Gasteiger partial charge in [0.2, 0.25) is 10.0 Å². The molecule has 0 aromatic heterocycles. The summed E-state index contributed by atoms with van der Waals surface area (Å²) in [6, 6.07) is 11.5. The van der Waals surface area contributed by atoms with Gasteiger partial charge in [-0.15, -0.1) is 0 Å². The van der Waals surface area contributed by atoms with Crippen LogP contribution in [0.15, 0.2) is 79.5 Å². The van der Waals surface area contributed by atoms with Crippen LogP contribution in [0, 0.1) is 6.92 Å². The highest BCUT2D eigenvalue weighted by atomic mass is 32.2. The van der Waals surface area contributed by atoms with E-state index in [1.54, 1.807) is 20.8 Å².